The van der Waals surface area contributed by atoms with Crippen LogP contribution in [0.1, 0.15) is 15.2 Å². The van der Waals surface area contributed by atoms with Crippen LogP contribution in [0.25, 0.3) is 0 Å². The van der Waals surface area contributed by atoms with E-state index in [-0.39, 0.29) is 16.7 Å². The molecule has 0 saturated carbocycles. The summed E-state index contributed by atoms with van der Waals surface area (Å²) < 4.78 is 25.6. The predicted molar refractivity (Wildman–Crippen MR) is 76.0 cm³/mol. The maximum atomic E-state index is 11.8. The van der Waals surface area contributed by atoms with Gasteiger partial charge in [0.1, 0.15) is 4.21 Å². The van der Waals surface area contributed by atoms with Crippen LogP contribution in [0.2, 0.25) is 0 Å². The first kappa shape index (κ1) is 14.6. The summed E-state index contributed by atoms with van der Waals surface area (Å²) in [6.07, 6.45) is 3.08. The number of thiophene rings is 1. The van der Waals surface area contributed by atoms with Gasteiger partial charge in [0.15, 0.2) is 0 Å². The molecule has 2 N–H and O–H groups in total. The molecule has 2 heterocycles. The lowest BCUT2D eigenvalue weighted by Crippen LogP contribution is -2.22. The maximum Gasteiger partial charge on any atom is 0.251 e. The van der Waals surface area contributed by atoms with Crippen molar-refractivity contribution in [3.8, 4) is 0 Å². The van der Waals surface area contributed by atoms with Crippen molar-refractivity contribution in [2.45, 2.75) is 10.8 Å². The quantitative estimate of drug-likeness (QED) is 0.861. The molecule has 6 nitrogen and oxygen atoms in total. The number of nitrogens with one attached hydrogen (secondary N) is 2. The van der Waals surface area contributed by atoms with E-state index in [9.17, 15) is 13.2 Å². The van der Waals surface area contributed by atoms with E-state index < -0.39 is 10.0 Å². The number of hydrogen-bond donors (Lipinski definition) is 2. The molecule has 20 heavy (non-hydrogen) atoms. The van der Waals surface area contributed by atoms with Gasteiger partial charge in [0.25, 0.3) is 5.91 Å². The normalized spacial score (nSPS) is 11.2. The number of carbonyl (C=O) groups is 1. The third-order valence-corrected chi connectivity index (χ3v) is 5.53. The highest BCUT2D eigenvalue weighted by atomic mass is 32.2. The van der Waals surface area contributed by atoms with Crippen molar-refractivity contribution in [2.24, 2.45) is 0 Å². The van der Waals surface area contributed by atoms with Crippen LogP contribution in [-0.2, 0) is 16.6 Å². The Bertz CT molecular complexity index is 696. The Balaban J connectivity index is 2.00. The Hall–Kier alpha value is -1.77. The first-order chi connectivity index (χ1) is 9.53. The largest absolute Gasteiger partial charge is 0.347 e. The number of carbonyl (C=O) groups excluding carboxylic acids is 1. The molecular formula is C12H13N3O3S2. The van der Waals surface area contributed by atoms with E-state index in [0.29, 0.717) is 5.56 Å². The second-order valence-electron chi connectivity index (χ2n) is 3.85. The molecule has 0 fully saturated rings. The van der Waals surface area contributed by atoms with E-state index in [1.165, 1.54) is 25.5 Å². The van der Waals surface area contributed by atoms with Gasteiger partial charge >= 0.3 is 0 Å². The standard InChI is InChI=1S/C12H13N3O3S2/c1-13-20(17,18)11-3-2-10(19-11)8-15-12(16)9-4-6-14-7-5-9/h2-7,13H,8H2,1H3,(H,15,16). The fourth-order valence-electron chi connectivity index (χ4n) is 1.47. The van der Waals surface area contributed by atoms with Crippen molar-refractivity contribution >= 4 is 27.3 Å². The Labute approximate surface area is 120 Å². The van der Waals surface area contributed by atoms with Gasteiger partial charge in [-0.05, 0) is 31.3 Å². The minimum atomic E-state index is -3.42. The summed E-state index contributed by atoms with van der Waals surface area (Å²) in [7, 11) is -2.06. The van der Waals surface area contributed by atoms with Crippen LogP contribution in [0, 0.1) is 0 Å². The number of rotatable bonds is 5. The highest BCUT2D eigenvalue weighted by molar-refractivity contribution is 7.91. The van der Waals surface area contributed by atoms with Gasteiger partial charge in [-0.25, -0.2) is 13.1 Å². The maximum absolute atomic E-state index is 11.8. The van der Waals surface area contributed by atoms with Gasteiger partial charge in [0.05, 0.1) is 6.54 Å². The third-order valence-electron chi connectivity index (χ3n) is 2.54. The van der Waals surface area contributed by atoms with Crippen molar-refractivity contribution in [3.05, 3.63) is 47.1 Å². The molecule has 2 rings (SSSR count). The summed E-state index contributed by atoms with van der Waals surface area (Å²) in [5.41, 5.74) is 0.514. The topological polar surface area (TPSA) is 88.2 Å². The van der Waals surface area contributed by atoms with Crippen molar-refractivity contribution in [2.75, 3.05) is 7.05 Å². The minimum Gasteiger partial charge on any atom is -0.347 e. The van der Waals surface area contributed by atoms with Gasteiger partial charge in [-0.1, -0.05) is 0 Å². The monoisotopic (exact) mass is 311 g/mol. The van der Waals surface area contributed by atoms with Gasteiger partial charge in [-0.3, -0.25) is 9.78 Å². The molecule has 106 valence electrons. The van der Waals surface area contributed by atoms with Gasteiger partial charge in [0.2, 0.25) is 10.0 Å². The molecule has 0 aliphatic heterocycles. The van der Waals surface area contributed by atoms with Gasteiger partial charge < -0.3 is 5.32 Å². The fourth-order valence-corrected chi connectivity index (χ4v) is 3.60. The highest BCUT2D eigenvalue weighted by Crippen LogP contribution is 2.21. The van der Waals surface area contributed by atoms with Gasteiger partial charge in [0, 0.05) is 22.8 Å². The number of amides is 1. The van der Waals surface area contributed by atoms with E-state index in [2.05, 4.69) is 15.0 Å². The molecule has 0 spiro atoms. The highest BCUT2D eigenvalue weighted by Gasteiger charge is 2.14. The molecule has 2 aromatic heterocycles. The fraction of sp³-hybridized carbons (Fsp3) is 0.167. The SMILES string of the molecule is CNS(=O)(=O)c1ccc(CNC(=O)c2ccncc2)s1. The molecule has 0 radical (unpaired) electrons. The van der Waals surface area contributed by atoms with Crippen molar-refractivity contribution < 1.29 is 13.2 Å². The lowest BCUT2D eigenvalue weighted by molar-refractivity contribution is 0.0951. The van der Waals surface area contributed by atoms with Crippen LogP contribution >= 0.6 is 11.3 Å². The average molecular weight is 311 g/mol. The first-order valence-corrected chi connectivity index (χ1v) is 8.03. The minimum absolute atomic E-state index is 0.223. The predicted octanol–water partition coefficient (Wildman–Crippen LogP) is 0.981. The van der Waals surface area contributed by atoms with E-state index in [1.807, 2.05) is 0 Å². The molecule has 0 bridgehead atoms. The molecule has 2 aromatic rings. The van der Waals surface area contributed by atoms with Crippen LogP contribution in [0.15, 0.2) is 40.9 Å². The summed E-state index contributed by atoms with van der Waals surface area (Å²) >= 11 is 1.12. The summed E-state index contributed by atoms with van der Waals surface area (Å²) in [5, 5.41) is 2.73. The number of hydrogen-bond acceptors (Lipinski definition) is 5. The molecule has 0 aliphatic rings. The Kier molecular flexibility index (Phi) is 4.48. The Morgan fingerprint density at radius 2 is 1.95 bits per heavy atom. The molecule has 1 amide bonds. The number of nitrogens with zero attached hydrogens (tertiary/aromatic N) is 1. The lowest BCUT2D eigenvalue weighted by atomic mass is 10.2. The first-order valence-electron chi connectivity index (χ1n) is 5.73. The zero-order valence-corrected chi connectivity index (χ0v) is 12.3. The third kappa shape index (κ3) is 3.41. The average Bonchev–Trinajstić information content (AvgIpc) is 2.95. The molecule has 0 atom stereocenters. The van der Waals surface area contributed by atoms with Gasteiger partial charge in [-0.15, -0.1) is 11.3 Å². The molecule has 0 unspecified atom stereocenters. The molecule has 0 aliphatic carbocycles. The molecule has 0 saturated heterocycles. The summed E-state index contributed by atoms with van der Waals surface area (Å²) in [5.74, 6) is -0.223. The lowest BCUT2D eigenvalue weighted by Gasteiger charge is -2.03. The zero-order valence-electron chi connectivity index (χ0n) is 10.7. The van der Waals surface area contributed by atoms with E-state index in [0.717, 1.165) is 16.2 Å². The van der Waals surface area contributed by atoms with Crippen LogP contribution in [-0.4, -0.2) is 26.4 Å². The van der Waals surface area contributed by atoms with Crippen LogP contribution < -0.4 is 10.0 Å². The van der Waals surface area contributed by atoms with Crippen molar-refractivity contribution in [1.82, 2.24) is 15.0 Å². The summed E-state index contributed by atoms with van der Waals surface area (Å²) in [6.45, 7) is 0.283. The van der Waals surface area contributed by atoms with Crippen LogP contribution in [0.5, 0.6) is 0 Å². The molecule has 0 aromatic carbocycles. The van der Waals surface area contributed by atoms with E-state index in [1.54, 1.807) is 18.2 Å². The summed E-state index contributed by atoms with van der Waals surface area (Å²) in [6, 6.07) is 6.42. The Morgan fingerprint density at radius 1 is 1.25 bits per heavy atom. The Morgan fingerprint density at radius 3 is 2.60 bits per heavy atom. The van der Waals surface area contributed by atoms with Gasteiger partial charge in [-0.2, -0.15) is 0 Å². The molecule has 8 heteroatoms. The van der Waals surface area contributed by atoms with E-state index in [4.69, 9.17) is 0 Å². The number of sulfonamides is 1. The second-order valence-corrected chi connectivity index (χ2v) is 7.13. The number of aromatic nitrogens is 1. The zero-order chi connectivity index (χ0) is 14.6. The number of pyridine rings is 1. The second kappa shape index (κ2) is 6.12. The van der Waals surface area contributed by atoms with Crippen molar-refractivity contribution in [3.63, 3.8) is 0 Å². The van der Waals surface area contributed by atoms with Crippen molar-refractivity contribution in [1.29, 1.82) is 0 Å². The summed E-state index contributed by atoms with van der Waals surface area (Å²) in [4.78, 5) is 16.4. The van der Waals surface area contributed by atoms with Crippen LogP contribution in [0.3, 0.4) is 0 Å². The van der Waals surface area contributed by atoms with E-state index >= 15 is 0 Å². The smallest absolute Gasteiger partial charge is 0.251 e. The molecular weight excluding hydrogens is 298 g/mol. The van der Waals surface area contributed by atoms with Crippen LogP contribution in [0.4, 0.5) is 0 Å².